The average Bonchev–Trinajstić information content (AvgIpc) is 2.79. The normalized spacial score (nSPS) is 11.4. The van der Waals surface area contributed by atoms with Gasteiger partial charge in [-0.05, 0) is 18.6 Å². The Hall–Kier alpha value is -1.95. The first-order valence-electron chi connectivity index (χ1n) is 6.22. The van der Waals surface area contributed by atoms with Crippen LogP contribution in [0.5, 0.6) is 0 Å². The van der Waals surface area contributed by atoms with Crippen LogP contribution in [0.15, 0.2) is 27.9 Å². The number of nitrogens with zero attached hydrogens (tertiary/aromatic N) is 2. The number of rotatable bonds is 3. The molecular formula is C13H13N3O2S. The molecule has 0 aromatic carbocycles. The second-order valence-corrected chi connectivity index (χ2v) is 5.45. The Morgan fingerprint density at radius 2 is 2.26 bits per heavy atom. The molecule has 5 nitrogen and oxygen atoms in total. The van der Waals surface area contributed by atoms with E-state index in [1.165, 1.54) is 11.3 Å². The molecule has 1 N–H and O–H groups in total. The molecule has 0 amide bonds. The summed E-state index contributed by atoms with van der Waals surface area (Å²) in [4.78, 5) is 30.6. The van der Waals surface area contributed by atoms with Crippen molar-refractivity contribution in [2.45, 2.75) is 26.3 Å². The minimum absolute atomic E-state index is 0.323. The van der Waals surface area contributed by atoms with Crippen molar-refractivity contribution >= 4 is 31.8 Å². The first-order chi connectivity index (χ1) is 9.22. The quantitative estimate of drug-likeness (QED) is 0.796. The standard InChI is InChI=1S/C13H13N3O2S/c1-2-3-7-16-10-9-8(5-4-6-14-9)19-11(10)12(17)15-13(16)18/h4-6H,2-3,7H2,1H3,(H,15,17,18). The first-order valence-corrected chi connectivity index (χ1v) is 7.04. The molecule has 0 bridgehead atoms. The molecule has 3 rings (SSSR count). The Morgan fingerprint density at radius 1 is 1.42 bits per heavy atom. The van der Waals surface area contributed by atoms with Crippen LogP contribution in [0.3, 0.4) is 0 Å². The molecule has 0 atom stereocenters. The number of H-pyrrole nitrogens is 1. The van der Waals surface area contributed by atoms with Gasteiger partial charge < -0.3 is 0 Å². The van der Waals surface area contributed by atoms with Gasteiger partial charge in [-0.25, -0.2) is 4.79 Å². The van der Waals surface area contributed by atoms with E-state index in [0.29, 0.717) is 16.8 Å². The molecule has 0 fully saturated rings. The molecule has 0 aliphatic heterocycles. The van der Waals surface area contributed by atoms with Crippen molar-refractivity contribution in [2.75, 3.05) is 0 Å². The maximum absolute atomic E-state index is 12.0. The summed E-state index contributed by atoms with van der Waals surface area (Å²) in [5.74, 6) is 0. The van der Waals surface area contributed by atoms with Crippen LogP contribution in [0.2, 0.25) is 0 Å². The van der Waals surface area contributed by atoms with Crippen molar-refractivity contribution in [3.63, 3.8) is 0 Å². The van der Waals surface area contributed by atoms with E-state index in [9.17, 15) is 9.59 Å². The Balaban J connectivity index is 2.46. The maximum Gasteiger partial charge on any atom is 0.328 e. The number of aromatic amines is 1. The minimum atomic E-state index is -0.351. The highest BCUT2D eigenvalue weighted by molar-refractivity contribution is 7.25. The van der Waals surface area contributed by atoms with Crippen LogP contribution in [0.4, 0.5) is 0 Å². The van der Waals surface area contributed by atoms with Gasteiger partial charge in [0.2, 0.25) is 0 Å². The lowest BCUT2D eigenvalue weighted by Crippen LogP contribution is -2.29. The summed E-state index contributed by atoms with van der Waals surface area (Å²) in [6.45, 7) is 2.67. The van der Waals surface area contributed by atoms with Crippen molar-refractivity contribution in [1.82, 2.24) is 14.5 Å². The molecule has 98 valence electrons. The molecular weight excluding hydrogens is 262 g/mol. The fourth-order valence-corrected chi connectivity index (χ4v) is 3.23. The molecule has 0 radical (unpaired) electrons. The molecule has 0 saturated carbocycles. The predicted molar refractivity (Wildman–Crippen MR) is 76.9 cm³/mol. The van der Waals surface area contributed by atoms with E-state index in [1.807, 2.05) is 12.1 Å². The summed E-state index contributed by atoms with van der Waals surface area (Å²) in [6.07, 6.45) is 3.57. The van der Waals surface area contributed by atoms with Gasteiger partial charge in [-0.3, -0.25) is 19.3 Å². The number of hydrogen-bond acceptors (Lipinski definition) is 4. The molecule has 6 heteroatoms. The number of thiophene rings is 1. The van der Waals surface area contributed by atoms with Gasteiger partial charge in [-0.1, -0.05) is 13.3 Å². The third kappa shape index (κ3) is 1.88. The van der Waals surface area contributed by atoms with Gasteiger partial charge in [0.05, 0.1) is 10.2 Å². The van der Waals surface area contributed by atoms with E-state index in [1.54, 1.807) is 10.8 Å². The second-order valence-electron chi connectivity index (χ2n) is 4.39. The van der Waals surface area contributed by atoms with Crippen LogP contribution in [-0.4, -0.2) is 14.5 Å². The molecule has 3 heterocycles. The van der Waals surface area contributed by atoms with Crippen molar-refractivity contribution in [3.8, 4) is 0 Å². The van der Waals surface area contributed by atoms with E-state index in [2.05, 4.69) is 16.9 Å². The van der Waals surface area contributed by atoms with Crippen LogP contribution < -0.4 is 11.2 Å². The number of fused-ring (bicyclic) bond motifs is 3. The van der Waals surface area contributed by atoms with Crippen molar-refractivity contribution in [3.05, 3.63) is 39.2 Å². The summed E-state index contributed by atoms with van der Waals surface area (Å²) in [7, 11) is 0. The Bertz CT molecular complexity index is 860. The van der Waals surface area contributed by atoms with Gasteiger partial charge in [0, 0.05) is 12.7 Å². The Labute approximate surface area is 112 Å². The third-order valence-electron chi connectivity index (χ3n) is 3.10. The lowest BCUT2D eigenvalue weighted by molar-refractivity contribution is 0.619. The number of unbranched alkanes of at least 4 members (excludes halogenated alkanes) is 1. The lowest BCUT2D eigenvalue weighted by atomic mass is 10.3. The van der Waals surface area contributed by atoms with Gasteiger partial charge in [0.15, 0.2) is 0 Å². The van der Waals surface area contributed by atoms with E-state index < -0.39 is 0 Å². The van der Waals surface area contributed by atoms with Gasteiger partial charge in [0.1, 0.15) is 10.2 Å². The zero-order chi connectivity index (χ0) is 13.4. The number of aromatic nitrogens is 3. The first kappa shape index (κ1) is 12.1. The lowest BCUT2D eigenvalue weighted by Gasteiger charge is -2.05. The fourth-order valence-electron chi connectivity index (χ4n) is 2.17. The predicted octanol–water partition coefficient (Wildman–Crippen LogP) is 2.10. The number of hydrogen-bond donors (Lipinski definition) is 1. The van der Waals surface area contributed by atoms with Crippen molar-refractivity contribution in [1.29, 1.82) is 0 Å². The minimum Gasteiger partial charge on any atom is -0.290 e. The van der Waals surface area contributed by atoms with Gasteiger partial charge >= 0.3 is 5.69 Å². The molecule has 19 heavy (non-hydrogen) atoms. The van der Waals surface area contributed by atoms with E-state index in [4.69, 9.17) is 0 Å². The third-order valence-corrected chi connectivity index (χ3v) is 4.23. The highest BCUT2D eigenvalue weighted by atomic mass is 32.1. The van der Waals surface area contributed by atoms with Gasteiger partial charge in [-0.15, -0.1) is 11.3 Å². The van der Waals surface area contributed by atoms with Crippen LogP contribution >= 0.6 is 11.3 Å². The SMILES string of the molecule is CCCCn1c(=O)[nH]c(=O)c2sc3cccnc3c21. The van der Waals surface area contributed by atoms with Crippen LogP contribution in [0.25, 0.3) is 20.4 Å². The van der Waals surface area contributed by atoms with Gasteiger partial charge in [0.25, 0.3) is 5.56 Å². The largest absolute Gasteiger partial charge is 0.328 e. The summed E-state index contributed by atoms with van der Waals surface area (Å²) < 4.78 is 3.13. The Kier molecular flexibility index (Phi) is 2.94. The number of aryl methyl sites for hydroxylation is 1. The number of pyridine rings is 1. The van der Waals surface area contributed by atoms with Gasteiger partial charge in [-0.2, -0.15) is 0 Å². The van der Waals surface area contributed by atoms with Crippen LogP contribution in [-0.2, 0) is 6.54 Å². The molecule has 0 saturated heterocycles. The molecule has 0 unspecified atom stereocenters. The zero-order valence-electron chi connectivity index (χ0n) is 10.5. The summed E-state index contributed by atoms with van der Waals surface area (Å²) in [5.41, 5.74) is 0.733. The molecule has 0 aliphatic rings. The highest BCUT2D eigenvalue weighted by Crippen LogP contribution is 2.28. The highest BCUT2D eigenvalue weighted by Gasteiger charge is 2.14. The summed E-state index contributed by atoms with van der Waals surface area (Å²) in [5, 5.41) is 0. The van der Waals surface area contributed by atoms with E-state index >= 15 is 0 Å². The maximum atomic E-state index is 12.0. The van der Waals surface area contributed by atoms with Crippen LogP contribution in [0, 0.1) is 0 Å². The molecule has 0 spiro atoms. The molecule has 0 aliphatic carbocycles. The molecule has 3 aromatic heterocycles. The monoisotopic (exact) mass is 275 g/mol. The van der Waals surface area contributed by atoms with Crippen LogP contribution in [0.1, 0.15) is 19.8 Å². The van der Waals surface area contributed by atoms with Crippen molar-refractivity contribution < 1.29 is 0 Å². The zero-order valence-corrected chi connectivity index (χ0v) is 11.3. The fraction of sp³-hybridized carbons (Fsp3) is 0.308. The average molecular weight is 275 g/mol. The smallest absolute Gasteiger partial charge is 0.290 e. The molecule has 3 aromatic rings. The van der Waals surface area contributed by atoms with E-state index in [0.717, 1.165) is 23.1 Å². The van der Waals surface area contributed by atoms with Crippen molar-refractivity contribution in [2.24, 2.45) is 0 Å². The topological polar surface area (TPSA) is 67.8 Å². The van der Waals surface area contributed by atoms with E-state index in [-0.39, 0.29) is 11.2 Å². The second kappa shape index (κ2) is 4.62. The Morgan fingerprint density at radius 3 is 3.05 bits per heavy atom. The summed E-state index contributed by atoms with van der Waals surface area (Å²) in [6, 6.07) is 3.75. The number of nitrogens with one attached hydrogen (secondary N) is 1. The summed E-state index contributed by atoms with van der Waals surface area (Å²) >= 11 is 1.38.